The van der Waals surface area contributed by atoms with Gasteiger partial charge in [0.2, 0.25) is 0 Å². The van der Waals surface area contributed by atoms with Gasteiger partial charge >= 0.3 is 0 Å². The normalized spacial score (nSPS) is 10.4. The zero-order valence-corrected chi connectivity index (χ0v) is 7.74. The first-order chi connectivity index (χ1) is 5.36. The molecule has 0 aliphatic heterocycles. The van der Waals surface area contributed by atoms with Crippen molar-refractivity contribution < 1.29 is 0 Å². The zero-order valence-electron chi connectivity index (χ0n) is 6.92. The molecule has 0 fully saturated rings. The molecule has 0 bridgehead atoms. The maximum Gasteiger partial charge on any atom is 0.131 e. The molecule has 0 saturated carbocycles. The fraction of sp³-hybridized carbons (Fsp3) is 0.714. The summed E-state index contributed by atoms with van der Waals surface area (Å²) in [4.78, 5) is 0. The SMILES string of the molecule is CCNCc1nnc(CC)s1. The lowest BCUT2D eigenvalue weighted by atomic mass is 10.5. The van der Waals surface area contributed by atoms with Crippen molar-refractivity contribution in [3.8, 4) is 0 Å². The van der Waals surface area contributed by atoms with E-state index in [2.05, 4.69) is 29.4 Å². The summed E-state index contributed by atoms with van der Waals surface area (Å²) in [5, 5.41) is 13.5. The van der Waals surface area contributed by atoms with E-state index in [0.717, 1.165) is 29.5 Å². The quantitative estimate of drug-likeness (QED) is 0.740. The van der Waals surface area contributed by atoms with Gasteiger partial charge in [0.05, 0.1) is 0 Å². The van der Waals surface area contributed by atoms with Crippen LogP contribution in [0.4, 0.5) is 0 Å². The molecule has 0 radical (unpaired) electrons. The van der Waals surface area contributed by atoms with Gasteiger partial charge in [-0.25, -0.2) is 0 Å². The number of nitrogens with zero attached hydrogens (tertiary/aromatic N) is 2. The van der Waals surface area contributed by atoms with Crippen LogP contribution >= 0.6 is 11.3 Å². The lowest BCUT2D eigenvalue weighted by Crippen LogP contribution is -2.11. The third kappa shape index (κ3) is 2.55. The lowest BCUT2D eigenvalue weighted by Gasteiger charge is -1.92. The number of hydrogen-bond donors (Lipinski definition) is 1. The van der Waals surface area contributed by atoms with Crippen LogP contribution in [0, 0.1) is 0 Å². The second-order valence-corrected chi connectivity index (χ2v) is 3.37. The lowest BCUT2D eigenvalue weighted by molar-refractivity contribution is 0.714. The number of aromatic nitrogens is 2. The Morgan fingerprint density at radius 2 is 2.00 bits per heavy atom. The number of aryl methyl sites for hydroxylation is 1. The fourth-order valence-corrected chi connectivity index (χ4v) is 1.49. The first kappa shape index (κ1) is 8.62. The Hall–Kier alpha value is -0.480. The van der Waals surface area contributed by atoms with Crippen LogP contribution in [0.5, 0.6) is 0 Å². The molecule has 11 heavy (non-hydrogen) atoms. The molecular weight excluding hydrogens is 158 g/mol. The summed E-state index contributed by atoms with van der Waals surface area (Å²) in [6.45, 7) is 6.02. The predicted octanol–water partition coefficient (Wildman–Crippen LogP) is 1.21. The number of hydrogen-bond acceptors (Lipinski definition) is 4. The van der Waals surface area contributed by atoms with Gasteiger partial charge in [-0.05, 0) is 13.0 Å². The molecule has 1 aromatic rings. The Labute approximate surface area is 70.9 Å². The molecule has 1 heterocycles. The molecule has 0 aromatic carbocycles. The Bertz CT molecular complexity index is 209. The molecule has 0 amide bonds. The highest BCUT2D eigenvalue weighted by atomic mass is 32.1. The first-order valence-corrected chi connectivity index (χ1v) is 4.70. The third-order valence-corrected chi connectivity index (χ3v) is 2.40. The van der Waals surface area contributed by atoms with Crippen molar-refractivity contribution in [2.24, 2.45) is 0 Å². The fourth-order valence-electron chi connectivity index (χ4n) is 0.735. The summed E-state index contributed by atoms with van der Waals surface area (Å²) < 4.78 is 0. The minimum atomic E-state index is 0.855. The van der Waals surface area contributed by atoms with E-state index in [-0.39, 0.29) is 0 Å². The Kier molecular flexibility index (Phi) is 3.45. The maximum absolute atomic E-state index is 4.03. The van der Waals surface area contributed by atoms with Crippen molar-refractivity contribution in [3.63, 3.8) is 0 Å². The minimum Gasteiger partial charge on any atom is -0.311 e. The van der Waals surface area contributed by atoms with Gasteiger partial charge in [0, 0.05) is 6.54 Å². The van der Waals surface area contributed by atoms with Crippen LogP contribution in [0.1, 0.15) is 23.9 Å². The molecule has 4 heteroatoms. The molecular formula is C7H13N3S. The highest BCUT2D eigenvalue weighted by molar-refractivity contribution is 7.11. The minimum absolute atomic E-state index is 0.855. The molecule has 0 atom stereocenters. The highest BCUT2D eigenvalue weighted by Crippen LogP contribution is 2.08. The van der Waals surface area contributed by atoms with E-state index in [1.54, 1.807) is 11.3 Å². The molecule has 0 aliphatic carbocycles. The van der Waals surface area contributed by atoms with Crippen LogP contribution < -0.4 is 5.32 Å². The van der Waals surface area contributed by atoms with E-state index in [1.165, 1.54) is 0 Å². The van der Waals surface area contributed by atoms with E-state index in [1.807, 2.05) is 0 Å². The van der Waals surface area contributed by atoms with Gasteiger partial charge < -0.3 is 5.32 Å². The van der Waals surface area contributed by atoms with Gasteiger partial charge in [-0.15, -0.1) is 21.5 Å². The van der Waals surface area contributed by atoms with E-state index in [9.17, 15) is 0 Å². The van der Waals surface area contributed by atoms with E-state index < -0.39 is 0 Å². The van der Waals surface area contributed by atoms with Gasteiger partial charge in [-0.3, -0.25) is 0 Å². The average molecular weight is 171 g/mol. The van der Waals surface area contributed by atoms with Crippen LogP contribution in [0.25, 0.3) is 0 Å². The van der Waals surface area contributed by atoms with Crippen molar-refractivity contribution in [2.75, 3.05) is 6.54 Å². The average Bonchev–Trinajstić information content (AvgIpc) is 2.48. The smallest absolute Gasteiger partial charge is 0.131 e. The molecule has 62 valence electrons. The number of rotatable bonds is 4. The largest absolute Gasteiger partial charge is 0.311 e. The van der Waals surface area contributed by atoms with Gasteiger partial charge in [-0.1, -0.05) is 13.8 Å². The summed E-state index contributed by atoms with van der Waals surface area (Å²) >= 11 is 1.69. The third-order valence-electron chi connectivity index (χ3n) is 1.34. The molecule has 0 unspecified atom stereocenters. The number of nitrogens with one attached hydrogen (secondary N) is 1. The summed E-state index contributed by atoms with van der Waals surface area (Å²) in [5.41, 5.74) is 0. The van der Waals surface area contributed by atoms with Crippen molar-refractivity contribution >= 4 is 11.3 Å². The zero-order chi connectivity index (χ0) is 8.10. The summed E-state index contributed by atoms with van der Waals surface area (Å²) in [6, 6.07) is 0. The monoisotopic (exact) mass is 171 g/mol. The standard InChI is InChI=1S/C7H13N3S/c1-3-6-9-10-7(11-6)5-8-4-2/h8H,3-5H2,1-2H3. The van der Waals surface area contributed by atoms with Crippen LogP contribution in [0.2, 0.25) is 0 Å². The van der Waals surface area contributed by atoms with Crippen molar-refractivity contribution in [1.29, 1.82) is 0 Å². The van der Waals surface area contributed by atoms with Gasteiger partial charge in [-0.2, -0.15) is 0 Å². The molecule has 1 rings (SSSR count). The van der Waals surface area contributed by atoms with E-state index in [0.29, 0.717) is 0 Å². The summed E-state index contributed by atoms with van der Waals surface area (Å²) in [5.74, 6) is 0. The van der Waals surface area contributed by atoms with Crippen LogP contribution in [-0.2, 0) is 13.0 Å². The second kappa shape index (κ2) is 4.41. The molecule has 0 spiro atoms. The molecule has 1 aromatic heterocycles. The van der Waals surface area contributed by atoms with Crippen molar-refractivity contribution in [3.05, 3.63) is 10.0 Å². The summed E-state index contributed by atoms with van der Waals surface area (Å²) in [6.07, 6.45) is 0.990. The second-order valence-electron chi connectivity index (χ2n) is 2.22. The Morgan fingerprint density at radius 1 is 1.27 bits per heavy atom. The van der Waals surface area contributed by atoms with E-state index >= 15 is 0 Å². The molecule has 0 saturated heterocycles. The van der Waals surface area contributed by atoms with Crippen LogP contribution in [0.15, 0.2) is 0 Å². The van der Waals surface area contributed by atoms with Crippen molar-refractivity contribution in [2.45, 2.75) is 26.8 Å². The maximum atomic E-state index is 4.03. The summed E-state index contributed by atoms with van der Waals surface area (Å²) in [7, 11) is 0. The highest BCUT2D eigenvalue weighted by Gasteiger charge is 1.99. The topological polar surface area (TPSA) is 37.8 Å². The van der Waals surface area contributed by atoms with Gasteiger partial charge in [0.25, 0.3) is 0 Å². The molecule has 1 N–H and O–H groups in total. The van der Waals surface area contributed by atoms with Crippen LogP contribution in [-0.4, -0.2) is 16.7 Å². The molecule has 0 aliphatic rings. The van der Waals surface area contributed by atoms with E-state index in [4.69, 9.17) is 0 Å². The Morgan fingerprint density at radius 3 is 2.55 bits per heavy atom. The van der Waals surface area contributed by atoms with Crippen LogP contribution in [0.3, 0.4) is 0 Å². The Balaban J connectivity index is 2.44. The predicted molar refractivity (Wildman–Crippen MR) is 46.7 cm³/mol. The van der Waals surface area contributed by atoms with Crippen molar-refractivity contribution in [1.82, 2.24) is 15.5 Å². The first-order valence-electron chi connectivity index (χ1n) is 3.88. The van der Waals surface area contributed by atoms with Gasteiger partial charge in [0.15, 0.2) is 0 Å². The molecule has 3 nitrogen and oxygen atoms in total. The van der Waals surface area contributed by atoms with Gasteiger partial charge in [0.1, 0.15) is 10.0 Å².